The van der Waals surface area contributed by atoms with Gasteiger partial charge in [0.05, 0.1) is 18.0 Å². The molecular weight excluding hydrogens is 562 g/mol. The number of fused-ring (bicyclic) bond motifs is 1. The molecule has 5 rings (SSSR count). The van der Waals surface area contributed by atoms with Gasteiger partial charge in [-0.25, -0.2) is 9.98 Å². The molecule has 3 aromatic rings. The second-order valence-electron chi connectivity index (χ2n) is 12.3. The molecule has 0 bridgehead atoms. The van der Waals surface area contributed by atoms with Crippen molar-refractivity contribution in [3.05, 3.63) is 114 Å². The van der Waals surface area contributed by atoms with Crippen LogP contribution in [0.4, 0.5) is 0 Å². The predicted molar refractivity (Wildman–Crippen MR) is 180 cm³/mol. The molecular formula is C38H41N3O4. The van der Waals surface area contributed by atoms with Gasteiger partial charge in [0, 0.05) is 24.6 Å². The Morgan fingerprint density at radius 3 is 2.31 bits per heavy atom. The van der Waals surface area contributed by atoms with Crippen LogP contribution < -0.4 is 4.74 Å². The van der Waals surface area contributed by atoms with Crippen molar-refractivity contribution in [2.75, 3.05) is 6.61 Å². The van der Waals surface area contributed by atoms with Gasteiger partial charge in [0.1, 0.15) is 17.0 Å². The number of hydrogen-bond acceptors (Lipinski definition) is 6. The zero-order chi connectivity index (χ0) is 31.6. The average molecular weight is 604 g/mol. The summed E-state index contributed by atoms with van der Waals surface area (Å²) in [4.78, 5) is 36.8. The topological polar surface area (TPSA) is 80.6 Å². The van der Waals surface area contributed by atoms with Crippen molar-refractivity contribution < 1.29 is 19.1 Å². The van der Waals surface area contributed by atoms with Crippen LogP contribution in [0.25, 0.3) is 11.8 Å². The van der Waals surface area contributed by atoms with Crippen LogP contribution in [0, 0.1) is 0 Å². The minimum absolute atomic E-state index is 0.128. The Labute approximate surface area is 266 Å². The Balaban J connectivity index is 1.19. The van der Waals surface area contributed by atoms with Gasteiger partial charge in [-0.2, -0.15) is 0 Å². The summed E-state index contributed by atoms with van der Waals surface area (Å²) in [7, 11) is 0. The SMILES string of the molecule is CC(C)(C)OC(=O)CCCCCCCOc1cccc(/C=C2\N=C3C(Cc4ccccc4)=NC(c4ccccc4)=CN3C2=O)c1. The van der Waals surface area contributed by atoms with E-state index in [0.29, 0.717) is 31.0 Å². The van der Waals surface area contributed by atoms with Gasteiger partial charge in [0.25, 0.3) is 5.91 Å². The fourth-order valence-corrected chi connectivity index (χ4v) is 5.19. The average Bonchev–Trinajstić information content (AvgIpc) is 3.33. The molecule has 0 saturated heterocycles. The molecule has 0 unspecified atom stereocenters. The number of amides is 1. The molecule has 0 spiro atoms. The maximum absolute atomic E-state index is 13.6. The van der Waals surface area contributed by atoms with E-state index in [1.165, 1.54) is 0 Å². The lowest BCUT2D eigenvalue weighted by molar-refractivity contribution is -0.154. The van der Waals surface area contributed by atoms with Gasteiger partial charge in [-0.05, 0) is 62.9 Å². The minimum atomic E-state index is -0.427. The van der Waals surface area contributed by atoms with Crippen molar-refractivity contribution >= 4 is 35.2 Å². The van der Waals surface area contributed by atoms with E-state index in [1.54, 1.807) is 17.2 Å². The molecule has 3 aromatic carbocycles. The number of hydrogen-bond donors (Lipinski definition) is 0. The molecule has 0 radical (unpaired) electrons. The minimum Gasteiger partial charge on any atom is -0.494 e. The van der Waals surface area contributed by atoms with E-state index in [1.807, 2.05) is 93.6 Å². The van der Waals surface area contributed by atoms with Gasteiger partial charge < -0.3 is 9.47 Å². The summed E-state index contributed by atoms with van der Waals surface area (Å²) in [6, 6.07) is 27.7. The van der Waals surface area contributed by atoms with Gasteiger partial charge >= 0.3 is 5.97 Å². The third kappa shape index (κ3) is 9.11. The Bertz CT molecular complexity index is 1620. The van der Waals surface area contributed by atoms with Gasteiger partial charge in [-0.3, -0.25) is 14.5 Å². The smallest absolute Gasteiger partial charge is 0.306 e. The van der Waals surface area contributed by atoms with E-state index < -0.39 is 5.60 Å². The number of rotatable bonds is 13. The maximum Gasteiger partial charge on any atom is 0.306 e. The number of amidine groups is 1. The van der Waals surface area contributed by atoms with Crippen LogP contribution in [0.1, 0.15) is 76.0 Å². The van der Waals surface area contributed by atoms with Gasteiger partial charge in [0.2, 0.25) is 0 Å². The number of unbranched alkanes of at least 4 members (excludes halogenated alkanes) is 4. The molecule has 0 atom stereocenters. The zero-order valence-electron chi connectivity index (χ0n) is 26.4. The summed E-state index contributed by atoms with van der Waals surface area (Å²) >= 11 is 0. The number of esters is 1. The molecule has 232 valence electrons. The molecule has 7 heteroatoms. The molecule has 0 fully saturated rings. The lowest BCUT2D eigenvalue weighted by Gasteiger charge is -2.21. The number of benzene rings is 3. The van der Waals surface area contributed by atoms with Crippen LogP contribution in [-0.4, -0.2) is 40.5 Å². The molecule has 0 aliphatic carbocycles. The van der Waals surface area contributed by atoms with Gasteiger partial charge in [0.15, 0.2) is 5.84 Å². The van der Waals surface area contributed by atoms with Crippen LogP contribution >= 0.6 is 0 Å². The first-order valence-electron chi connectivity index (χ1n) is 15.7. The first-order valence-corrected chi connectivity index (χ1v) is 15.7. The third-order valence-corrected chi connectivity index (χ3v) is 7.32. The van der Waals surface area contributed by atoms with Crippen molar-refractivity contribution in [1.82, 2.24) is 4.90 Å². The Hall–Kier alpha value is -4.78. The number of ether oxygens (including phenoxy) is 2. The number of nitrogens with zero attached hydrogens (tertiary/aromatic N) is 3. The highest BCUT2D eigenvalue weighted by Crippen LogP contribution is 2.29. The van der Waals surface area contributed by atoms with Gasteiger partial charge in [-0.15, -0.1) is 0 Å². The van der Waals surface area contributed by atoms with Crippen LogP contribution in [0.15, 0.2) is 107 Å². The van der Waals surface area contributed by atoms with Crippen LogP contribution in [0.5, 0.6) is 5.75 Å². The van der Waals surface area contributed by atoms with Crippen molar-refractivity contribution in [1.29, 1.82) is 0 Å². The van der Waals surface area contributed by atoms with Crippen molar-refractivity contribution in [3.8, 4) is 5.75 Å². The van der Waals surface area contributed by atoms with E-state index in [2.05, 4.69) is 12.1 Å². The molecule has 0 saturated carbocycles. The second-order valence-corrected chi connectivity index (χ2v) is 12.3. The number of carbonyl (C=O) groups is 2. The van der Waals surface area contributed by atoms with Crippen molar-refractivity contribution in [2.45, 2.75) is 71.3 Å². The van der Waals surface area contributed by atoms with Crippen molar-refractivity contribution in [3.63, 3.8) is 0 Å². The van der Waals surface area contributed by atoms with Crippen LogP contribution in [0.2, 0.25) is 0 Å². The quantitative estimate of drug-likeness (QED) is 0.113. The van der Waals surface area contributed by atoms with Crippen LogP contribution in [0.3, 0.4) is 0 Å². The summed E-state index contributed by atoms with van der Waals surface area (Å²) in [5, 5.41) is 0. The van der Waals surface area contributed by atoms with Crippen LogP contribution in [-0.2, 0) is 20.7 Å². The van der Waals surface area contributed by atoms with E-state index in [4.69, 9.17) is 19.5 Å². The molecule has 0 aromatic heterocycles. The van der Waals surface area contributed by atoms with E-state index in [9.17, 15) is 9.59 Å². The fraction of sp³-hybridized carbons (Fsp3) is 0.316. The third-order valence-electron chi connectivity index (χ3n) is 7.32. The molecule has 2 aliphatic heterocycles. The number of aliphatic imine (C=N–C) groups is 2. The molecule has 2 aliphatic rings. The number of carbonyl (C=O) groups excluding carboxylic acids is 2. The van der Waals surface area contributed by atoms with Gasteiger partial charge in [-0.1, -0.05) is 92.1 Å². The summed E-state index contributed by atoms with van der Waals surface area (Å²) in [6.07, 6.45) is 9.47. The molecule has 45 heavy (non-hydrogen) atoms. The zero-order valence-corrected chi connectivity index (χ0v) is 26.4. The largest absolute Gasteiger partial charge is 0.494 e. The maximum atomic E-state index is 13.6. The van der Waals surface area contributed by atoms with E-state index >= 15 is 0 Å². The van der Waals surface area contributed by atoms with E-state index in [-0.39, 0.29) is 11.9 Å². The lowest BCUT2D eigenvalue weighted by Crippen LogP contribution is -2.36. The monoisotopic (exact) mass is 603 g/mol. The molecule has 1 amide bonds. The first kappa shape index (κ1) is 31.6. The second kappa shape index (κ2) is 14.8. The highest BCUT2D eigenvalue weighted by atomic mass is 16.6. The fourth-order valence-electron chi connectivity index (χ4n) is 5.19. The summed E-state index contributed by atoms with van der Waals surface area (Å²) in [5.41, 5.74) is 4.30. The summed E-state index contributed by atoms with van der Waals surface area (Å²) < 4.78 is 11.4. The molecule has 2 heterocycles. The molecule has 0 N–H and O–H groups in total. The standard InChI is InChI=1S/C38H41N3O4/c1-38(2,3)45-35(42)22-13-5-4-6-14-23-44-31-21-15-18-29(24-31)26-33-37(43)41-27-34(30-19-11-8-12-20-30)39-32(36(41)40-33)25-28-16-9-7-10-17-28/h7-12,15-21,24,26-27H,4-6,13-14,22-23,25H2,1-3H3/b33-26-. The Morgan fingerprint density at radius 2 is 1.56 bits per heavy atom. The Kier molecular flexibility index (Phi) is 10.4. The molecule has 7 nitrogen and oxygen atoms in total. The first-order chi connectivity index (χ1) is 21.7. The highest BCUT2D eigenvalue weighted by molar-refractivity contribution is 6.48. The lowest BCUT2D eigenvalue weighted by atomic mass is 10.1. The highest BCUT2D eigenvalue weighted by Gasteiger charge is 2.35. The summed E-state index contributed by atoms with van der Waals surface area (Å²) in [5.74, 6) is 1.00. The Morgan fingerprint density at radius 1 is 0.844 bits per heavy atom. The van der Waals surface area contributed by atoms with E-state index in [0.717, 1.165) is 66.0 Å². The normalized spacial score (nSPS) is 15.4. The van der Waals surface area contributed by atoms with Crippen molar-refractivity contribution in [2.24, 2.45) is 9.98 Å². The summed E-state index contributed by atoms with van der Waals surface area (Å²) in [6.45, 7) is 6.27. The predicted octanol–water partition coefficient (Wildman–Crippen LogP) is 8.03.